The molecule has 0 spiro atoms. The number of fused-ring (bicyclic) bond motifs is 1. The predicted octanol–water partition coefficient (Wildman–Crippen LogP) is 3.20. The molecule has 24 heavy (non-hydrogen) atoms. The van der Waals surface area contributed by atoms with Crippen molar-refractivity contribution >= 4 is 34.5 Å². The summed E-state index contributed by atoms with van der Waals surface area (Å²) in [4.78, 5) is 19.6. The molecule has 6 nitrogen and oxygen atoms in total. The third kappa shape index (κ3) is 3.61. The number of aliphatic carboxylic acids is 1. The number of hydrogen-bond donors (Lipinski definition) is 2. The third-order valence-corrected chi connectivity index (χ3v) is 3.28. The Kier molecular flexibility index (Phi) is 4.57. The van der Waals surface area contributed by atoms with E-state index in [0.717, 1.165) is 16.5 Å². The van der Waals surface area contributed by atoms with Crippen LogP contribution in [0.2, 0.25) is 0 Å². The van der Waals surface area contributed by atoms with Crippen molar-refractivity contribution in [3.05, 3.63) is 72.6 Å². The molecule has 2 aromatic carbocycles. The fourth-order valence-electron chi connectivity index (χ4n) is 2.10. The van der Waals surface area contributed by atoms with E-state index in [4.69, 9.17) is 0 Å². The number of para-hydroxylation sites is 1. The molecule has 3 aromatic rings. The van der Waals surface area contributed by atoms with Gasteiger partial charge in [0.15, 0.2) is 11.5 Å². The van der Waals surface area contributed by atoms with Crippen molar-refractivity contribution < 1.29 is 9.90 Å². The number of anilines is 1. The van der Waals surface area contributed by atoms with Gasteiger partial charge in [-0.1, -0.05) is 48.5 Å². The highest BCUT2D eigenvalue weighted by Crippen LogP contribution is 2.18. The van der Waals surface area contributed by atoms with Gasteiger partial charge in [-0.05, 0) is 23.8 Å². The third-order valence-electron chi connectivity index (χ3n) is 3.28. The Bertz CT molecular complexity index is 915. The van der Waals surface area contributed by atoms with Gasteiger partial charge in [-0.3, -0.25) is 5.43 Å². The van der Waals surface area contributed by atoms with Crippen LogP contribution in [0.25, 0.3) is 17.0 Å². The second-order valence-electron chi connectivity index (χ2n) is 4.90. The molecule has 6 heteroatoms. The van der Waals surface area contributed by atoms with Crippen LogP contribution in [0.1, 0.15) is 5.56 Å². The van der Waals surface area contributed by atoms with E-state index in [-0.39, 0.29) is 5.71 Å². The van der Waals surface area contributed by atoms with E-state index in [1.165, 1.54) is 12.4 Å². The van der Waals surface area contributed by atoms with E-state index < -0.39 is 5.97 Å². The molecule has 0 atom stereocenters. The summed E-state index contributed by atoms with van der Waals surface area (Å²) in [6, 6.07) is 16.8. The lowest BCUT2D eigenvalue weighted by Gasteiger charge is -2.04. The van der Waals surface area contributed by atoms with Crippen molar-refractivity contribution in [2.75, 3.05) is 5.43 Å². The van der Waals surface area contributed by atoms with E-state index in [2.05, 4.69) is 20.5 Å². The van der Waals surface area contributed by atoms with E-state index in [1.54, 1.807) is 6.08 Å². The molecular weight excluding hydrogens is 304 g/mol. The first kappa shape index (κ1) is 15.4. The number of carbonyl (C=O) groups is 1. The Morgan fingerprint density at radius 1 is 1.04 bits per heavy atom. The minimum absolute atomic E-state index is 0.124. The van der Waals surface area contributed by atoms with Crippen LogP contribution in [0.5, 0.6) is 0 Å². The minimum Gasteiger partial charge on any atom is -0.476 e. The largest absolute Gasteiger partial charge is 0.476 e. The number of carboxylic acids is 1. The van der Waals surface area contributed by atoms with Crippen LogP contribution in [0.15, 0.2) is 72.1 Å². The quantitative estimate of drug-likeness (QED) is 0.557. The zero-order valence-corrected chi connectivity index (χ0v) is 12.6. The molecule has 1 heterocycles. The van der Waals surface area contributed by atoms with Gasteiger partial charge in [0.05, 0.1) is 5.52 Å². The molecule has 0 unspecified atom stereocenters. The Hall–Kier alpha value is -3.54. The van der Waals surface area contributed by atoms with E-state index in [1.807, 2.05) is 54.6 Å². The monoisotopic (exact) mass is 318 g/mol. The SMILES string of the molecule is O=C(O)C(C=Cc1ccccc1)=NNc1ncnc2ccccc12. The van der Waals surface area contributed by atoms with Gasteiger partial charge in [-0.15, -0.1) is 0 Å². The van der Waals surface area contributed by atoms with Gasteiger partial charge in [0.2, 0.25) is 0 Å². The first-order valence-corrected chi connectivity index (χ1v) is 7.24. The maximum absolute atomic E-state index is 11.4. The number of carboxylic acid groups (broad SMARTS) is 1. The van der Waals surface area contributed by atoms with Crippen molar-refractivity contribution in [1.29, 1.82) is 0 Å². The highest BCUT2D eigenvalue weighted by Gasteiger charge is 2.07. The molecule has 0 aliphatic carbocycles. The number of aromatic nitrogens is 2. The van der Waals surface area contributed by atoms with Gasteiger partial charge in [-0.2, -0.15) is 5.10 Å². The second-order valence-corrected chi connectivity index (χ2v) is 4.90. The van der Waals surface area contributed by atoms with E-state index in [0.29, 0.717) is 5.82 Å². The Morgan fingerprint density at radius 3 is 2.58 bits per heavy atom. The van der Waals surface area contributed by atoms with Gasteiger partial charge >= 0.3 is 5.97 Å². The summed E-state index contributed by atoms with van der Waals surface area (Å²) in [5.74, 6) is -0.680. The molecule has 118 valence electrons. The zero-order valence-electron chi connectivity index (χ0n) is 12.6. The molecular formula is C18H14N4O2. The smallest absolute Gasteiger partial charge is 0.356 e. The van der Waals surface area contributed by atoms with Crippen LogP contribution in [0.3, 0.4) is 0 Å². The lowest BCUT2D eigenvalue weighted by molar-refractivity contribution is -0.129. The van der Waals surface area contributed by atoms with Crippen LogP contribution in [0, 0.1) is 0 Å². The molecule has 3 rings (SSSR count). The Morgan fingerprint density at radius 2 is 1.79 bits per heavy atom. The summed E-state index contributed by atoms with van der Waals surface area (Å²) in [7, 11) is 0. The maximum atomic E-state index is 11.4. The van der Waals surface area contributed by atoms with Gasteiger partial charge in [0.1, 0.15) is 6.33 Å². The summed E-state index contributed by atoms with van der Waals surface area (Å²) in [6.45, 7) is 0. The molecule has 0 radical (unpaired) electrons. The number of hydrogen-bond acceptors (Lipinski definition) is 5. The van der Waals surface area contributed by atoms with Gasteiger partial charge in [0.25, 0.3) is 0 Å². The zero-order chi connectivity index (χ0) is 16.8. The summed E-state index contributed by atoms with van der Waals surface area (Å²) in [5.41, 5.74) is 4.23. The molecule has 0 aliphatic heterocycles. The molecule has 0 bridgehead atoms. The van der Waals surface area contributed by atoms with Crippen molar-refractivity contribution in [3.63, 3.8) is 0 Å². The van der Waals surface area contributed by atoms with Gasteiger partial charge < -0.3 is 5.11 Å². The van der Waals surface area contributed by atoms with Crippen LogP contribution >= 0.6 is 0 Å². The van der Waals surface area contributed by atoms with Gasteiger partial charge in [0, 0.05) is 5.39 Å². The molecule has 2 N–H and O–H groups in total. The van der Waals surface area contributed by atoms with E-state index >= 15 is 0 Å². The van der Waals surface area contributed by atoms with Gasteiger partial charge in [-0.25, -0.2) is 14.8 Å². The maximum Gasteiger partial charge on any atom is 0.356 e. The average molecular weight is 318 g/mol. The Labute approximate surface area is 138 Å². The number of nitrogens with zero attached hydrogens (tertiary/aromatic N) is 3. The average Bonchev–Trinajstić information content (AvgIpc) is 2.62. The lowest BCUT2D eigenvalue weighted by atomic mass is 10.2. The lowest BCUT2D eigenvalue weighted by Crippen LogP contribution is -2.12. The molecule has 0 amide bonds. The summed E-state index contributed by atoms with van der Waals surface area (Å²) in [6.07, 6.45) is 4.53. The normalized spacial score (nSPS) is 11.8. The van der Waals surface area contributed by atoms with Crippen molar-refractivity contribution in [3.8, 4) is 0 Å². The highest BCUT2D eigenvalue weighted by atomic mass is 16.4. The molecule has 0 saturated carbocycles. The van der Waals surface area contributed by atoms with Crippen LogP contribution in [-0.4, -0.2) is 26.8 Å². The summed E-state index contributed by atoms with van der Waals surface area (Å²) < 4.78 is 0. The first-order chi connectivity index (χ1) is 11.7. The summed E-state index contributed by atoms with van der Waals surface area (Å²) in [5, 5.41) is 14.0. The topological polar surface area (TPSA) is 87.5 Å². The second kappa shape index (κ2) is 7.15. The minimum atomic E-state index is -1.13. The van der Waals surface area contributed by atoms with Crippen molar-refractivity contribution in [2.24, 2.45) is 5.10 Å². The number of nitrogens with one attached hydrogen (secondary N) is 1. The number of benzene rings is 2. The summed E-state index contributed by atoms with van der Waals surface area (Å²) >= 11 is 0. The molecule has 0 aliphatic rings. The van der Waals surface area contributed by atoms with Crippen LogP contribution in [0.4, 0.5) is 5.82 Å². The molecule has 0 fully saturated rings. The first-order valence-electron chi connectivity index (χ1n) is 7.24. The van der Waals surface area contributed by atoms with E-state index in [9.17, 15) is 9.90 Å². The fourth-order valence-corrected chi connectivity index (χ4v) is 2.10. The van der Waals surface area contributed by atoms with Crippen LogP contribution < -0.4 is 5.43 Å². The van der Waals surface area contributed by atoms with Crippen LogP contribution in [-0.2, 0) is 4.79 Å². The fraction of sp³-hybridized carbons (Fsp3) is 0. The predicted molar refractivity (Wildman–Crippen MR) is 93.7 cm³/mol. The van der Waals surface area contributed by atoms with Crippen molar-refractivity contribution in [1.82, 2.24) is 9.97 Å². The highest BCUT2D eigenvalue weighted by molar-refractivity contribution is 6.41. The molecule has 0 saturated heterocycles. The molecule has 1 aromatic heterocycles. The van der Waals surface area contributed by atoms with Crippen molar-refractivity contribution in [2.45, 2.75) is 0 Å². The number of rotatable bonds is 5. The standard InChI is InChI=1S/C18H14N4O2/c23-18(24)16(11-10-13-6-2-1-3-7-13)21-22-17-14-8-4-5-9-15(14)19-12-20-17/h1-12H,(H,23,24)(H,19,20,22). The Balaban J connectivity index is 1.86. The number of hydrazone groups is 1.